The number of nitrogens with zero attached hydrogens (tertiary/aromatic N) is 1. The highest BCUT2D eigenvalue weighted by atomic mass is 19.3. The molecule has 1 fully saturated rings. The Hall–Kier alpha value is -1.98. The Bertz CT molecular complexity index is 607. The van der Waals surface area contributed by atoms with Crippen LogP contribution >= 0.6 is 0 Å². The highest BCUT2D eigenvalue weighted by Gasteiger charge is 2.42. The van der Waals surface area contributed by atoms with Gasteiger partial charge in [0.05, 0.1) is 0 Å². The number of halogens is 2. The molecule has 0 spiro atoms. The number of carboxylic acids is 1. The van der Waals surface area contributed by atoms with E-state index in [4.69, 9.17) is 0 Å². The molecule has 1 atom stereocenters. The Morgan fingerprint density at radius 1 is 1.18 bits per heavy atom. The number of amides is 1. The predicted octanol–water partition coefficient (Wildman–Crippen LogP) is 3.03. The highest BCUT2D eigenvalue weighted by molar-refractivity contribution is 6.00. The normalized spacial score (nSPS) is 24.1. The molecule has 2 aliphatic rings. The van der Waals surface area contributed by atoms with Crippen LogP contribution in [-0.2, 0) is 9.59 Å². The number of para-hydroxylation sites is 1. The lowest BCUT2D eigenvalue weighted by molar-refractivity contribution is -0.138. The largest absolute Gasteiger partial charge is 0.481 e. The van der Waals surface area contributed by atoms with E-state index in [1.54, 1.807) is 24.3 Å². The van der Waals surface area contributed by atoms with E-state index < -0.39 is 23.7 Å². The summed E-state index contributed by atoms with van der Waals surface area (Å²) in [7, 11) is 0. The molecule has 1 heterocycles. The molecular weight excluding hydrogens is 292 g/mol. The van der Waals surface area contributed by atoms with E-state index in [0.717, 1.165) is 0 Å². The van der Waals surface area contributed by atoms with Gasteiger partial charge in [-0.05, 0) is 24.5 Å². The van der Waals surface area contributed by atoms with Crippen molar-refractivity contribution in [3.05, 3.63) is 29.8 Å². The first kappa shape index (κ1) is 14.9. The van der Waals surface area contributed by atoms with Crippen LogP contribution in [0.2, 0.25) is 0 Å². The zero-order chi connectivity index (χ0) is 15.9. The van der Waals surface area contributed by atoms with Crippen LogP contribution in [0.4, 0.5) is 14.5 Å². The Morgan fingerprint density at radius 2 is 1.82 bits per heavy atom. The SMILES string of the molecule is O=C(O)C1CN(C(=O)C2CCC(F)(F)CC2)c2ccccc21. The van der Waals surface area contributed by atoms with Crippen LogP contribution in [0.15, 0.2) is 24.3 Å². The summed E-state index contributed by atoms with van der Waals surface area (Å²) in [6, 6.07) is 6.91. The van der Waals surface area contributed by atoms with Crippen molar-refractivity contribution in [1.82, 2.24) is 0 Å². The standard InChI is InChI=1S/C16H17F2NO3/c17-16(18)7-5-10(6-8-16)14(20)19-9-12(15(21)22)11-3-1-2-4-13(11)19/h1-4,10,12H,5-9H2,(H,21,22). The number of benzene rings is 1. The molecule has 1 N–H and O–H groups in total. The van der Waals surface area contributed by atoms with Crippen molar-refractivity contribution in [2.75, 3.05) is 11.4 Å². The van der Waals surface area contributed by atoms with Crippen molar-refractivity contribution >= 4 is 17.6 Å². The van der Waals surface area contributed by atoms with Gasteiger partial charge in [0.15, 0.2) is 0 Å². The minimum absolute atomic E-state index is 0.0837. The lowest BCUT2D eigenvalue weighted by atomic mass is 9.86. The van der Waals surface area contributed by atoms with E-state index in [1.165, 1.54) is 4.90 Å². The second-order valence-electron chi connectivity index (χ2n) is 6.03. The summed E-state index contributed by atoms with van der Waals surface area (Å²) in [6.45, 7) is 0.0837. The van der Waals surface area contributed by atoms with Crippen molar-refractivity contribution in [2.45, 2.75) is 37.5 Å². The van der Waals surface area contributed by atoms with Gasteiger partial charge in [0.2, 0.25) is 11.8 Å². The van der Waals surface area contributed by atoms with Crippen LogP contribution in [0.5, 0.6) is 0 Å². The minimum atomic E-state index is -2.68. The van der Waals surface area contributed by atoms with E-state index in [1.807, 2.05) is 0 Å². The summed E-state index contributed by atoms with van der Waals surface area (Å²) < 4.78 is 26.4. The number of aliphatic carboxylic acids is 1. The first-order valence-corrected chi connectivity index (χ1v) is 7.40. The average Bonchev–Trinajstić information content (AvgIpc) is 2.86. The number of rotatable bonds is 2. The van der Waals surface area contributed by atoms with Gasteiger partial charge in [0.1, 0.15) is 5.92 Å². The fourth-order valence-electron chi connectivity index (χ4n) is 3.33. The zero-order valence-electron chi connectivity index (χ0n) is 12.0. The van der Waals surface area contributed by atoms with Crippen LogP contribution in [0, 0.1) is 5.92 Å². The maximum Gasteiger partial charge on any atom is 0.312 e. The summed E-state index contributed by atoms with van der Waals surface area (Å²) in [5.41, 5.74) is 1.21. The molecule has 22 heavy (non-hydrogen) atoms. The minimum Gasteiger partial charge on any atom is -0.481 e. The fraction of sp³-hybridized carbons (Fsp3) is 0.500. The Kier molecular flexibility index (Phi) is 3.62. The van der Waals surface area contributed by atoms with Crippen LogP contribution in [0.3, 0.4) is 0 Å². The molecule has 3 rings (SSSR count). The predicted molar refractivity (Wildman–Crippen MR) is 76.1 cm³/mol. The van der Waals surface area contributed by atoms with Crippen molar-refractivity contribution in [3.8, 4) is 0 Å². The van der Waals surface area contributed by atoms with Crippen LogP contribution in [0.25, 0.3) is 0 Å². The first-order chi connectivity index (χ1) is 10.4. The van der Waals surface area contributed by atoms with Gasteiger partial charge in [0, 0.05) is 31.0 Å². The third-order valence-corrected chi connectivity index (χ3v) is 4.60. The van der Waals surface area contributed by atoms with E-state index in [-0.39, 0.29) is 38.1 Å². The van der Waals surface area contributed by atoms with Gasteiger partial charge in [-0.25, -0.2) is 8.78 Å². The number of alkyl halides is 2. The summed E-state index contributed by atoms with van der Waals surface area (Å²) in [5.74, 6) is -5.07. The van der Waals surface area contributed by atoms with E-state index in [9.17, 15) is 23.5 Å². The number of hydrogen-bond donors (Lipinski definition) is 1. The number of anilines is 1. The number of carbonyl (C=O) groups is 2. The average molecular weight is 309 g/mol. The Balaban J connectivity index is 1.81. The van der Waals surface area contributed by atoms with Crippen LogP contribution in [0.1, 0.15) is 37.2 Å². The molecule has 1 saturated carbocycles. The number of carboxylic acid groups (broad SMARTS) is 1. The van der Waals surface area contributed by atoms with E-state index >= 15 is 0 Å². The quantitative estimate of drug-likeness (QED) is 0.913. The maximum absolute atomic E-state index is 13.2. The van der Waals surface area contributed by atoms with Gasteiger partial charge in [-0.15, -0.1) is 0 Å². The molecule has 1 aromatic rings. The molecule has 0 aromatic heterocycles. The molecule has 6 heteroatoms. The zero-order valence-corrected chi connectivity index (χ0v) is 12.0. The fourth-order valence-corrected chi connectivity index (χ4v) is 3.33. The molecule has 0 radical (unpaired) electrons. The van der Waals surface area contributed by atoms with Crippen LogP contribution < -0.4 is 4.90 Å². The lowest BCUT2D eigenvalue weighted by Crippen LogP contribution is -2.39. The molecule has 0 bridgehead atoms. The van der Waals surface area contributed by atoms with Crippen molar-refractivity contribution in [3.63, 3.8) is 0 Å². The summed E-state index contributed by atoms with van der Waals surface area (Å²) >= 11 is 0. The van der Waals surface area contributed by atoms with Gasteiger partial charge in [0.25, 0.3) is 0 Å². The summed E-state index contributed by atoms with van der Waals surface area (Å²) in [6.07, 6.45) is -0.243. The molecule has 0 saturated heterocycles. The smallest absolute Gasteiger partial charge is 0.312 e. The van der Waals surface area contributed by atoms with Gasteiger partial charge >= 0.3 is 5.97 Å². The van der Waals surface area contributed by atoms with E-state index in [0.29, 0.717) is 11.3 Å². The topological polar surface area (TPSA) is 57.6 Å². The highest BCUT2D eigenvalue weighted by Crippen LogP contribution is 2.41. The second kappa shape index (κ2) is 5.34. The van der Waals surface area contributed by atoms with Crippen LogP contribution in [-0.4, -0.2) is 29.5 Å². The van der Waals surface area contributed by atoms with Gasteiger partial charge in [-0.2, -0.15) is 0 Å². The summed E-state index contributed by atoms with van der Waals surface area (Å²) in [4.78, 5) is 25.4. The molecule has 4 nitrogen and oxygen atoms in total. The molecule has 1 unspecified atom stereocenters. The molecule has 1 aliphatic heterocycles. The van der Waals surface area contributed by atoms with Gasteiger partial charge in [-0.3, -0.25) is 9.59 Å². The Labute approximate surface area is 126 Å². The molecule has 118 valence electrons. The second-order valence-corrected chi connectivity index (χ2v) is 6.03. The third-order valence-electron chi connectivity index (χ3n) is 4.60. The van der Waals surface area contributed by atoms with Crippen molar-refractivity contribution in [1.29, 1.82) is 0 Å². The Morgan fingerprint density at radius 3 is 2.45 bits per heavy atom. The molecular formula is C16H17F2NO3. The lowest BCUT2D eigenvalue weighted by Gasteiger charge is -2.30. The van der Waals surface area contributed by atoms with E-state index in [2.05, 4.69) is 0 Å². The molecule has 1 amide bonds. The van der Waals surface area contributed by atoms with Crippen molar-refractivity contribution < 1.29 is 23.5 Å². The number of carbonyl (C=O) groups excluding carboxylic acids is 1. The third kappa shape index (κ3) is 2.58. The molecule has 1 aromatic carbocycles. The van der Waals surface area contributed by atoms with Crippen molar-refractivity contribution in [2.24, 2.45) is 5.92 Å². The first-order valence-electron chi connectivity index (χ1n) is 7.40. The number of hydrogen-bond acceptors (Lipinski definition) is 2. The van der Waals surface area contributed by atoms with Gasteiger partial charge < -0.3 is 10.0 Å². The monoisotopic (exact) mass is 309 g/mol. The van der Waals surface area contributed by atoms with Gasteiger partial charge in [-0.1, -0.05) is 18.2 Å². The molecule has 1 aliphatic carbocycles. The maximum atomic E-state index is 13.2. The summed E-state index contributed by atoms with van der Waals surface area (Å²) in [5, 5.41) is 9.30. The number of fused-ring (bicyclic) bond motifs is 1.